The number of hydrogen-bond donors (Lipinski definition) is 1. The molecule has 1 aromatic carbocycles. The summed E-state index contributed by atoms with van der Waals surface area (Å²) in [5.74, 6) is 1.44. The maximum atomic E-state index is 9.41. The van der Waals surface area contributed by atoms with Crippen LogP contribution in [-0.4, -0.2) is 25.9 Å². The van der Waals surface area contributed by atoms with E-state index in [1.54, 1.807) is 14.2 Å². The molecule has 0 fully saturated rings. The van der Waals surface area contributed by atoms with Gasteiger partial charge in [0.15, 0.2) is 0 Å². The van der Waals surface area contributed by atoms with Crippen molar-refractivity contribution in [3.8, 4) is 11.5 Å². The van der Waals surface area contributed by atoms with Crippen LogP contribution in [0.15, 0.2) is 16.6 Å². The minimum Gasteiger partial charge on any atom is -0.497 e. The Morgan fingerprint density at radius 2 is 1.88 bits per heavy atom. The lowest BCUT2D eigenvalue weighted by molar-refractivity contribution is 0.214. The van der Waals surface area contributed by atoms with Crippen LogP contribution < -0.4 is 9.47 Å². The number of rotatable bonds is 4. The van der Waals surface area contributed by atoms with E-state index < -0.39 is 0 Å². The quantitative estimate of drug-likeness (QED) is 0.926. The predicted octanol–water partition coefficient (Wildman–Crippen LogP) is 2.74. The molecule has 0 aliphatic carbocycles. The summed E-state index contributed by atoms with van der Waals surface area (Å²) in [5, 5.41) is 9.41. The normalized spacial score (nSPS) is 11.4. The molecule has 0 heterocycles. The molecule has 0 aromatic heterocycles. The molecule has 0 saturated carbocycles. The number of halogens is 1. The van der Waals surface area contributed by atoms with Crippen LogP contribution in [0.25, 0.3) is 0 Å². The average molecular weight is 289 g/mol. The largest absolute Gasteiger partial charge is 0.497 e. The standard InChI is InChI=1S/C12H17BrO3/c1-12(2,7-14)11-9(13)5-8(15-3)6-10(11)16-4/h5-6,14H,7H2,1-4H3. The van der Waals surface area contributed by atoms with Gasteiger partial charge in [0.25, 0.3) is 0 Å². The molecule has 0 unspecified atom stereocenters. The first-order chi connectivity index (χ1) is 7.46. The van der Waals surface area contributed by atoms with E-state index in [0.717, 1.165) is 15.8 Å². The van der Waals surface area contributed by atoms with Gasteiger partial charge in [-0.25, -0.2) is 0 Å². The monoisotopic (exact) mass is 288 g/mol. The Kier molecular flexibility index (Phi) is 4.21. The van der Waals surface area contributed by atoms with Crippen molar-refractivity contribution in [2.45, 2.75) is 19.3 Å². The van der Waals surface area contributed by atoms with Gasteiger partial charge in [0, 0.05) is 21.5 Å². The van der Waals surface area contributed by atoms with Crippen LogP contribution in [-0.2, 0) is 5.41 Å². The third-order valence-electron chi connectivity index (χ3n) is 2.56. The summed E-state index contributed by atoms with van der Waals surface area (Å²) in [7, 11) is 3.22. The zero-order chi connectivity index (χ0) is 12.3. The maximum Gasteiger partial charge on any atom is 0.127 e. The Bertz CT molecular complexity index is 375. The highest BCUT2D eigenvalue weighted by atomic mass is 79.9. The molecular formula is C12H17BrO3. The van der Waals surface area contributed by atoms with Gasteiger partial charge >= 0.3 is 0 Å². The van der Waals surface area contributed by atoms with Crippen molar-refractivity contribution >= 4 is 15.9 Å². The molecule has 1 rings (SSSR count). The molecule has 90 valence electrons. The van der Waals surface area contributed by atoms with Crippen LogP contribution in [0.2, 0.25) is 0 Å². The highest BCUT2D eigenvalue weighted by molar-refractivity contribution is 9.10. The smallest absolute Gasteiger partial charge is 0.127 e. The molecule has 0 spiro atoms. The SMILES string of the molecule is COc1cc(Br)c(C(C)(C)CO)c(OC)c1. The van der Waals surface area contributed by atoms with Crippen LogP contribution in [0.3, 0.4) is 0 Å². The molecule has 0 bridgehead atoms. The first-order valence-corrected chi connectivity index (χ1v) is 5.78. The van der Waals surface area contributed by atoms with Gasteiger partial charge in [0.05, 0.1) is 20.8 Å². The van der Waals surface area contributed by atoms with E-state index in [-0.39, 0.29) is 12.0 Å². The highest BCUT2D eigenvalue weighted by Crippen LogP contribution is 2.40. The van der Waals surface area contributed by atoms with E-state index in [4.69, 9.17) is 9.47 Å². The summed E-state index contributed by atoms with van der Waals surface area (Å²) in [6.07, 6.45) is 0. The summed E-state index contributed by atoms with van der Waals surface area (Å²) in [5.41, 5.74) is 0.578. The Morgan fingerprint density at radius 1 is 1.25 bits per heavy atom. The van der Waals surface area contributed by atoms with Gasteiger partial charge in [-0.3, -0.25) is 0 Å². The topological polar surface area (TPSA) is 38.7 Å². The van der Waals surface area contributed by atoms with Crippen LogP contribution in [0.1, 0.15) is 19.4 Å². The average Bonchev–Trinajstić information content (AvgIpc) is 2.27. The fraction of sp³-hybridized carbons (Fsp3) is 0.500. The van der Waals surface area contributed by atoms with Crippen molar-refractivity contribution < 1.29 is 14.6 Å². The highest BCUT2D eigenvalue weighted by Gasteiger charge is 2.27. The molecule has 0 atom stereocenters. The fourth-order valence-corrected chi connectivity index (χ4v) is 2.53. The second-order valence-electron chi connectivity index (χ2n) is 4.23. The van der Waals surface area contributed by atoms with Crippen LogP contribution in [0, 0.1) is 0 Å². The van der Waals surface area contributed by atoms with Gasteiger partial charge in [-0.2, -0.15) is 0 Å². The van der Waals surface area contributed by atoms with E-state index in [1.807, 2.05) is 26.0 Å². The second kappa shape index (κ2) is 5.06. The van der Waals surface area contributed by atoms with Crippen molar-refractivity contribution in [2.75, 3.05) is 20.8 Å². The number of ether oxygens (including phenoxy) is 2. The summed E-state index contributed by atoms with van der Waals surface area (Å²) < 4.78 is 11.4. The summed E-state index contributed by atoms with van der Waals surface area (Å²) >= 11 is 3.49. The Hall–Kier alpha value is -0.740. The Balaban J connectivity index is 3.38. The van der Waals surface area contributed by atoms with Crippen molar-refractivity contribution in [3.63, 3.8) is 0 Å². The van der Waals surface area contributed by atoms with Gasteiger partial charge in [-0.1, -0.05) is 29.8 Å². The fourth-order valence-electron chi connectivity index (χ4n) is 1.57. The van der Waals surface area contributed by atoms with Crippen LogP contribution in [0.5, 0.6) is 11.5 Å². The van der Waals surface area contributed by atoms with Gasteiger partial charge in [0.2, 0.25) is 0 Å². The van der Waals surface area contributed by atoms with Crippen molar-refractivity contribution in [1.29, 1.82) is 0 Å². The molecule has 0 saturated heterocycles. The van der Waals surface area contributed by atoms with Crippen molar-refractivity contribution in [2.24, 2.45) is 0 Å². The van der Waals surface area contributed by atoms with E-state index >= 15 is 0 Å². The minimum absolute atomic E-state index is 0.0499. The van der Waals surface area contributed by atoms with Crippen molar-refractivity contribution in [1.82, 2.24) is 0 Å². The number of aliphatic hydroxyl groups is 1. The van der Waals surface area contributed by atoms with E-state index in [1.165, 1.54) is 0 Å². The molecule has 16 heavy (non-hydrogen) atoms. The Morgan fingerprint density at radius 3 is 2.31 bits per heavy atom. The molecule has 0 radical (unpaired) electrons. The van der Waals surface area contributed by atoms with Gasteiger partial charge < -0.3 is 14.6 Å². The molecule has 0 aliphatic rings. The summed E-state index contributed by atoms with van der Waals surface area (Å²) in [6.45, 7) is 3.97. The lowest BCUT2D eigenvalue weighted by Gasteiger charge is -2.26. The van der Waals surface area contributed by atoms with E-state index in [9.17, 15) is 5.11 Å². The predicted molar refractivity (Wildman–Crippen MR) is 67.4 cm³/mol. The molecule has 0 amide bonds. The molecule has 1 N–H and O–H groups in total. The molecular weight excluding hydrogens is 272 g/mol. The number of methoxy groups -OCH3 is 2. The summed E-state index contributed by atoms with van der Waals surface area (Å²) in [6, 6.07) is 3.69. The van der Waals surface area contributed by atoms with Gasteiger partial charge in [0.1, 0.15) is 11.5 Å². The van der Waals surface area contributed by atoms with Crippen LogP contribution in [0.4, 0.5) is 0 Å². The molecule has 3 nitrogen and oxygen atoms in total. The molecule has 0 aliphatic heterocycles. The zero-order valence-electron chi connectivity index (χ0n) is 10.0. The Labute approximate surface area is 105 Å². The number of aliphatic hydroxyl groups excluding tert-OH is 1. The lowest BCUT2D eigenvalue weighted by atomic mass is 9.85. The van der Waals surface area contributed by atoms with Crippen molar-refractivity contribution in [3.05, 3.63) is 22.2 Å². The van der Waals surface area contributed by atoms with Gasteiger partial charge in [-0.15, -0.1) is 0 Å². The third kappa shape index (κ3) is 2.50. The lowest BCUT2D eigenvalue weighted by Crippen LogP contribution is -2.23. The number of benzene rings is 1. The third-order valence-corrected chi connectivity index (χ3v) is 3.18. The molecule has 4 heteroatoms. The van der Waals surface area contributed by atoms with Crippen LogP contribution >= 0.6 is 15.9 Å². The first-order valence-electron chi connectivity index (χ1n) is 4.99. The van der Waals surface area contributed by atoms with E-state index in [2.05, 4.69) is 15.9 Å². The molecule has 1 aromatic rings. The van der Waals surface area contributed by atoms with Gasteiger partial charge in [-0.05, 0) is 6.07 Å². The first kappa shape index (κ1) is 13.3. The second-order valence-corrected chi connectivity index (χ2v) is 5.08. The minimum atomic E-state index is -0.365. The summed E-state index contributed by atoms with van der Waals surface area (Å²) in [4.78, 5) is 0. The van der Waals surface area contributed by atoms with E-state index in [0.29, 0.717) is 5.75 Å². The number of hydrogen-bond acceptors (Lipinski definition) is 3. The zero-order valence-corrected chi connectivity index (χ0v) is 11.6. The maximum absolute atomic E-state index is 9.41.